The fourth-order valence-corrected chi connectivity index (χ4v) is 2.54. The van der Waals surface area contributed by atoms with Crippen molar-refractivity contribution in [3.05, 3.63) is 53.9 Å². The quantitative estimate of drug-likeness (QED) is 0.387. The number of rotatable bonds is 9. The second kappa shape index (κ2) is 9.55. The molecule has 0 fully saturated rings. The van der Waals surface area contributed by atoms with Crippen LogP contribution >= 0.6 is 0 Å². The molecule has 0 aliphatic heterocycles. The largest absolute Gasteiger partial charge is 0.493 e. The van der Waals surface area contributed by atoms with Gasteiger partial charge in [0.2, 0.25) is 5.82 Å². The Morgan fingerprint density at radius 3 is 2.57 bits per heavy atom. The van der Waals surface area contributed by atoms with E-state index in [0.29, 0.717) is 34.2 Å². The van der Waals surface area contributed by atoms with Crippen molar-refractivity contribution < 1.29 is 33.1 Å². The van der Waals surface area contributed by atoms with Gasteiger partial charge in [-0.3, -0.25) is 4.79 Å². The van der Waals surface area contributed by atoms with Gasteiger partial charge in [-0.15, -0.1) is 0 Å². The number of ether oxygens (including phenoxy) is 4. The summed E-state index contributed by atoms with van der Waals surface area (Å²) in [4.78, 5) is 27.5. The highest BCUT2D eigenvalue weighted by Gasteiger charge is 2.14. The molecule has 0 saturated carbocycles. The number of hydrogen-bond acceptors (Lipinski definition) is 9. The van der Waals surface area contributed by atoms with Crippen LogP contribution in [-0.4, -0.2) is 42.7 Å². The zero-order chi connectivity index (χ0) is 21.5. The number of benzene rings is 2. The Balaban J connectivity index is 1.54. The number of methoxy groups -OCH3 is 2. The summed E-state index contributed by atoms with van der Waals surface area (Å²) >= 11 is 0. The first-order valence-corrected chi connectivity index (χ1v) is 8.94. The maximum atomic E-state index is 11.9. The molecular weight excluding hydrogens is 392 g/mol. The highest BCUT2D eigenvalue weighted by Crippen LogP contribution is 2.31. The lowest BCUT2D eigenvalue weighted by atomic mass is 10.1. The molecule has 1 heterocycles. The van der Waals surface area contributed by atoms with Gasteiger partial charge in [0.15, 0.2) is 30.5 Å². The van der Waals surface area contributed by atoms with Gasteiger partial charge in [-0.1, -0.05) is 17.3 Å². The molecule has 9 nitrogen and oxygen atoms in total. The summed E-state index contributed by atoms with van der Waals surface area (Å²) < 4.78 is 26.0. The molecule has 3 rings (SSSR count). The summed E-state index contributed by atoms with van der Waals surface area (Å²) in [6.07, 6.45) is 0. The number of ketones is 1. The van der Waals surface area contributed by atoms with Gasteiger partial charge in [0.25, 0.3) is 5.89 Å². The van der Waals surface area contributed by atoms with E-state index in [1.165, 1.54) is 14.0 Å². The molecule has 0 unspecified atom stereocenters. The predicted octanol–water partition coefficient (Wildman–Crippen LogP) is 3.08. The molecule has 0 aliphatic carbocycles. The monoisotopic (exact) mass is 412 g/mol. The van der Waals surface area contributed by atoms with Gasteiger partial charge in [-0.05, 0) is 37.3 Å². The molecule has 0 N–H and O–H groups in total. The van der Waals surface area contributed by atoms with E-state index >= 15 is 0 Å². The lowest BCUT2D eigenvalue weighted by Crippen LogP contribution is -2.15. The maximum absolute atomic E-state index is 11.9. The first kappa shape index (κ1) is 20.8. The number of carbonyl (C=O) groups excluding carboxylic acids is 2. The Labute approximate surface area is 172 Å². The van der Waals surface area contributed by atoms with Crippen molar-refractivity contribution in [3.8, 4) is 28.6 Å². The topological polar surface area (TPSA) is 110 Å². The van der Waals surface area contributed by atoms with Crippen LogP contribution in [0.5, 0.6) is 17.2 Å². The molecule has 0 amide bonds. The molecule has 9 heteroatoms. The number of hydrogen-bond donors (Lipinski definition) is 0. The van der Waals surface area contributed by atoms with Gasteiger partial charge in [-0.25, -0.2) is 4.79 Å². The van der Waals surface area contributed by atoms with E-state index in [1.807, 2.05) is 0 Å². The van der Waals surface area contributed by atoms with Crippen molar-refractivity contribution in [1.29, 1.82) is 0 Å². The second-order valence-electron chi connectivity index (χ2n) is 6.11. The van der Waals surface area contributed by atoms with Gasteiger partial charge in [0.05, 0.1) is 14.2 Å². The Morgan fingerprint density at radius 2 is 1.83 bits per heavy atom. The number of carbonyl (C=O) groups is 2. The number of Topliss-reactive ketones (excluding diaryl/α,β-unsaturated/α-hetero) is 1. The van der Waals surface area contributed by atoms with Gasteiger partial charge < -0.3 is 23.5 Å². The third-order valence-electron chi connectivity index (χ3n) is 4.06. The van der Waals surface area contributed by atoms with Crippen molar-refractivity contribution >= 4 is 11.8 Å². The van der Waals surface area contributed by atoms with Crippen LogP contribution in [-0.2, 0) is 16.1 Å². The van der Waals surface area contributed by atoms with Crippen molar-refractivity contribution in [1.82, 2.24) is 10.1 Å². The Hall–Kier alpha value is -3.88. The fourth-order valence-electron chi connectivity index (χ4n) is 2.54. The van der Waals surface area contributed by atoms with Gasteiger partial charge >= 0.3 is 5.97 Å². The van der Waals surface area contributed by atoms with E-state index in [4.69, 9.17) is 23.5 Å². The van der Waals surface area contributed by atoms with E-state index in [1.54, 1.807) is 49.6 Å². The van der Waals surface area contributed by atoms with E-state index in [2.05, 4.69) is 10.1 Å². The molecule has 0 radical (unpaired) electrons. The van der Waals surface area contributed by atoms with E-state index < -0.39 is 5.97 Å². The van der Waals surface area contributed by atoms with Crippen LogP contribution in [0, 0.1) is 0 Å². The lowest BCUT2D eigenvalue weighted by molar-refractivity contribution is -0.148. The minimum absolute atomic E-state index is 0.0929. The van der Waals surface area contributed by atoms with Gasteiger partial charge in [-0.2, -0.15) is 4.98 Å². The minimum Gasteiger partial charge on any atom is -0.493 e. The van der Waals surface area contributed by atoms with E-state index in [0.717, 1.165) is 0 Å². The summed E-state index contributed by atoms with van der Waals surface area (Å²) in [5.41, 5.74) is 1.15. The molecule has 0 spiro atoms. The third kappa shape index (κ3) is 5.13. The predicted molar refractivity (Wildman–Crippen MR) is 105 cm³/mol. The number of esters is 1. The van der Waals surface area contributed by atoms with Crippen LogP contribution in [0.3, 0.4) is 0 Å². The molecule has 156 valence electrons. The molecule has 1 aromatic heterocycles. The van der Waals surface area contributed by atoms with Crippen LogP contribution in [0.25, 0.3) is 11.4 Å². The summed E-state index contributed by atoms with van der Waals surface area (Å²) in [5.74, 6) is 1.24. The SMILES string of the molecule is COc1ccc(-c2noc(COC(=O)COc3cccc(C(C)=O)c3)n2)cc1OC. The summed E-state index contributed by atoms with van der Waals surface area (Å²) in [7, 11) is 3.07. The third-order valence-corrected chi connectivity index (χ3v) is 4.06. The number of nitrogens with zero attached hydrogens (tertiary/aromatic N) is 2. The molecule has 0 saturated heterocycles. The maximum Gasteiger partial charge on any atom is 0.344 e. The molecular formula is C21H20N2O7. The van der Waals surface area contributed by atoms with Crippen LogP contribution < -0.4 is 14.2 Å². The van der Waals surface area contributed by atoms with E-state index in [-0.39, 0.29) is 24.9 Å². The average Bonchev–Trinajstić information content (AvgIpc) is 3.25. The second-order valence-corrected chi connectivity index (χ2v) is 6.11. The normalized spacial score (nSPS) is 10.4. The number of aromatic nitrogens is 2. The van der Waals surface area contributed by atoms with Crippen molar-refractivity contribution in [2.75, 3.05) is 20.8 Å². The summed E-state index contributed by atoms with van der Waals surface area (Å²) in [6, 6.07) is 11.7. The molecule has 30 heavy (non-hydrogen) atoms. The molecule has 0 aliphatic rings. The highest BCUT2D eigenvalue weighted by atomic mass is 16.6. The van der Waals surface area contributed by atoms with Gasteiger partial charge in [0, 0.05) is 11.1 Å². The standard InChI is InChI=1S/C21H20N2O7/c1-13(24)14-5-4-6-16(9-14)28-12-20(25)29-11-19-22-21(23-30-19)15-7-8-17(26-2)18(10-15)27-3/h4-10H,11-12H2,1-3H3. The first-order chi connectivity index (χ1) is 14.5. The van der Waals surface area contributed by atoms with Crippen LogP contribution in [0.1, 0.15) is 23.2 Å². The van der Waals surface area contributed by atoms with E-state index in [9.17, 15) is 9.59 Å². The first-order valence-electron chi connectivity index (χ1n) is 8.94. The molecule has 2 aromatic carbocycles. The molecule has 0 atom stereocenters. The van der Waals surface area contributed by atoms with Crippen molar-refractivity contribution in [3.63, 3.8) is 0 Å². The van der Waals surface area contributed by atoms with Gasteiger partial charge in [0.1, 0.15) is 5.75 Å². The average molecular weight is 412 g/mol. The van der Waals surface area contributed by atoms with Crippen LogP contribution in [0.2, 0.25) is 0 Å². The Morgan fingerprint density at radius 1 is 1.03 bits per heavy atom. The molecule has 0 bridgehead atoms. The lowest BCUT2D eigenvalue weighted by Gasteiger charge is -2.07. The summed E-state index contributed by atoms with van der Waals surface area (Å²) in [6.45, 7) is 0.933. The Kier molecular flexibility index (Phi) is 6.63. The van der Waals surface area contributed by atoms with Crippen LogP contribution in [0.4, 0.5) is 0 Å². The Bertz CT molecular complexity index is 1050. The summed E-state index contributed by atoms with van der Waals surface area (Å²) in [5, 5.41) is 3.88. The highest BCUT2D eigenvalue weighted by molar-refractivity contribution is 5.94. The zero-order valence-electron chi connectivity index (χ0n) is 16.7. The fraction of sp³-hybridized carbons (Fsp3) is 0.238. The minimum atomic E-state index is -0.617. The smallest absolute Gasteiger partial charge is 0.344 e. The van der Waals surface area contributed by atoms with Crippen LogP contribution in [0.15, 0.2) is 47.0 Å². The zero-order valence-corrected chi connectivity index (χ0v) is 16.7. The molecule has 3 aromatic rings. The van der Waals surface area contributed by atoms with Crippen molar-refractivity contribution in [2.24, 2.45) is 0 Å². The van der Waals surface area contributed by atoms with Crippen molar-refractivity contribution in [2.45, 2.75) is 13.5 Å².